The second-order valence-corrected chi connectivity index (χ2v) is 6.22. The molecule has 1 aliphatic heterocycles. The SMILES string of the molecule is COCC1(CNC(=O)[C@@H](C)N2CCCC2=O)CCCC1. The Hall–Kier alpha value is -1.10. The second kappa shape index (κ2) is 6.57. The molecule has 1 saturated heterocycles. The van der Waals surface area contributed by atoms with Crippen molar-refractivity contribution >= 4 is 11.8 Å². The lowest BCUT2D eigenvalue weighted by atomic mass is 9.87. The summed E-state index contributed by atoms with van der Waals surface area (Å²) in [5.74, 6) is 0.0581. The van der Waals surface area contributed by atoms with Gasteiger partial charge in [0.25, 0.3) is 0 Å². The molecule has 0 aromatic rings. The lowest BCUT2D eigenvalue weighted by Gasteiger charge is -2.30. The Morgan fingerprint density at radius 2 is 2.10 bits per heavy atom. The Kier molecular flexibility index (Phi) is 5.02. The summed E-state index contributed by atoms with van der Waals surface area (Å²) in [7, 11) is 1.72. The molecule has 0 bridgehead atoms. The number of carbonyl (C=O) groups is 2. The van der Waals surface area contributed by atoms with Crippen molar-refractivity contribution < 1.29 is 14.3 Å². The topological polar surface area (TPSA) is 58.6 Å². The third kappa shape index (κ3) is 3.32. The summed E-state index contributed by atoms with van der Waals surface area (Å²) in [6, 6.07) is -0.356. The number of hydrogen-bond acceptors (Lipinski definition) is 3. The maximum Gasteiger partial charge on any atom is 0.242 e. The molecule has 1 heterocycles. The van der Waals surface area contributed by atoms with Gasteiger partial charge in [0.2, 0.25) is 11.8 Å². The predicted molar refractivity (Wildman–Crippen MR) is 76.2 cm³/mol. The maximum atomic E-state index is 12.2. The average molecular weight is 282 g/mol. The van der Waals surface area contributed by atoms with Crippen LogP contribution in [0.2, 0.25) is 0 Å². The fourth-order valence-corrected chi connectivity index (χ4v) is 3.45. The third-order valence-corrected chi connectivity index (χ3v) is 4.71. The van der Waals surface area contributed by atoms with Gasteiger partial charge in [0.05, 0.1) is 6.61 Å². The van der Waals surface area contributed by atoms with Crippen LogP contribution in [-0.2, 0) is 14.3 Å². The highest BCUT2D eigenvalue weighted by Crippen LogP contribution is 2.37. The van der Waals surface area contributed by atoms with Crippen molar-refractivity contribution in [1.82, 2.24) is 10.2 Å². The van der Waals surface area contributed by atoms with Gasteiger partial charge in [0, 0.05) is 32.0 Å². The molecule has 0 aromatic carbocycles. The van der Waals surface area contributed by atoms with Gasteiger partial charge in [-0.2, -0.15) is 0 Å². The summed E-state index contributed by atoms with van der Waals surface area (Å²) in [4.78, 5) is 25.6. The molecule has 2 amide bonds. The average Bonchev–Trinajstić information content (AvgIpc) is 3.05. The van der Waals surface area contributed by atoms with Crippen LogP contribution in [0, 0.1) is 5.41 Å². The lowest BCUT2D eigenvalue weighted by molar-refractivity contribution is -0.137. The van der Waals surface area contributed by atoms with Gasteiger partial charge in [-0.1, -0.05) is 12.8 Å². The zero-order valence-electron chi connectivity index (χ0n) is 12.6. The number of nitrogens with one attached hydrogen (secondary N) is 1. The summed E-state index contributed by atoms with van der Waals surface area (Å²) in [6.07, 6.45) is 6.07. The number of methoxy groups -OCH3 is 1. The number of rotatable bonds is 6. The van der Waals surface area contributed by atoms with E-state index >= 15 is 0 Å². The summed E-state index contributed by atoms with van der Waals surface area (Å²) in [5, 5.41) is 3.03. The Morgan fingerprint density at radius 1 is 1.40 bits per heavy atom. The smallest absolute Gasteiger partial charge is 0.242 e. The van der Waals surface area contributed by atoms with Crippen LogP contribution in [0.1, 0.15) is 45.4 Å². The summed E-state index contributed by atoms with van der Waals surface area (Å²) >= 11 is 0. The van der Waals surface area contributed by atoms with Crippen molar-refractivity contribution in [3.8, 4) is 0 Å². The molecule has 0 aromatic heterocycles. The van der Waals surface area contributed by atoms with E-state index in [4.69, 9.17) is 4.74 Å². The Morgan fingerprint density at radius 3 is 2.65 bits per heavy atom. The lowest BCUT2D eigenvalue weighted by Crippen LogP contribution is -2.48. The van der Waals surface area contributed by atoms with Gasteiger partial charge in [0.1, 0.15) is 6.04 Å². The molecule has 2 fully saturated rings. The summed E-state index contributed by atoms with van der Waals surface area (Å²) < 4.78 is 5.32. The van der Waals surface area contributed by atoms with E-state index in [0.29, 0.717) is 26.1 Å². The minimum Gasteiger partial charge on any atom is -0.384 e. The van der Waals surface area contributed by atoms with Crippen LogP contribution in [0.3, 0.4) is 0 Å². The van der Waals surface area contributed by atoms with Gasteiger partial charge in [-0.25, -0.2) is 0 Å². The molecule has 20 heavy (non-hydrogen) atoms. The first-order chi connectivity index (χ1) is 9.58. The van der Waals surface area contributed by atoms with Crippen molar-refractivity contribution in [3.63, 3.8) is 0 Å². The van der Waals surface area contributed by atoms with Crippen LogP contribution in [-0.4, -0.2) is 49.6 Å². The maximum absolute atomic E-state index is 12.2. The molecule has 2 rings (SSSR count). The first-order valence-corrected chi connectivity index (χ1v) is 7.64. The van der Waals surface area contributed by atoms with Crippen LogP contribution in [0.25, 0.3) is 0 Å². The normalized spacial score (nSPS) is 23.1. The monoisotopic (exact) mass is 282 g/mol. The highest BCUT2D eigenvalue weighted by Gasteiger charge is 2.35. The number of ether oxygens (including phenoxy) is 1. The molecular weight excluding hydrogens is 256 g/mol. The van der Waals surface area contributed by atoms with E-state index in [9.17, 15) is 9.59 Å². The van der Waals surface area contributed by atoms with E-state index in [1.165, 1.54) is 12.8 Å². The van der Waals surface area contributed by atoms with Crippen LogP contribution in [0.4, 0.5) is 0 Å². The molecule has 1 saturated carbocycles. The van der Waals surface area contributed by atoms with Crippen molar-refractivity contribution in [2.45, 2.75) is 51.5 Å². The highest BCUT2D eigenvalue weighted by molar-refractivity contribution is 5.88. The molecule has 0 unspecified atom stereocenters. The summed E-state index contributed by atoms with van der Waals surface area (Å²) in [5.41, 5.74) is 0.0964. The number of carbonyl (C=O) groups excluding carboxylic acids is 2. The van der Waals surface area contributed by atoms with Crippen LogP contribution in [0.5, 0.6) is 0 Å². The third-order valence-electron chi connectivity index (χ3n) is 4.71. The van der Waals surface area contributed by atoms with Crippen molar-refractivity contribution in [2.75, 3.05) is 26.8 Å². The van der Waals surface area contributed by atoms with Crippen LogP contribution >= 0.6 is 0 Å². The number of hydrogen-bond donors (Lipinski definition) is 1. The van der Waals surface area contributed by atoms with Crippen molar-refractivity contribution in [1.29, 1.82) is 0 Å². The van der Waals surface area contributed by atoms with E-state index < -0.39 is 0 Å². The van der Waals surface area contributed by atoms with Crippen LogP contribution < -0.4 is 5.32 Å². The Bertz CT molecular complexity index is 364. The largest absolute Gasteiger partial charge is 0.384 e. The minimum atomic E-state index is -0.356. The quantitative estimate of drug-likeness (QED) is 0.799. The fraction of sp³-hybridized carbons (Fsp3) is 0.867. The zero-order valence-corrected chi connectivity index (χ0v) is 12.6. The number of likely N-dealkylation sites (tertiary alicyclic amines) is 1. The number of nitrogens with zero attached hydrogens (tertiary/aromatic N) is 1. The minimum absolute atomic E-state index is 0.0392. The van der Waals surface area contributed by atoms with E-state index in [-0.39, 0.29) is 23.3 Å². The standard InChI is InChI=1S/C15H26N2O3/c1-12(17-9-5-6-13(17)18)14(19)16-10-15(11-20-2)7-3-4-8-15/h12H,3-11H2,1-2H3,(H,16,19)/t12-/m1/s1. The Labute approximate surface area is 121 Å². The molecule has 2 aliphatic rings. The second-order valence-electron chi connectivity index (χ2n) is 6.22. The molecule has 0 radical (unpaired) electrons. The van der Waals surface area contributed by atoms with E-state index in [2.05, 4.69) is 5.32 Å². The molecule has 1 N–H and O–H groups in total. The highest BCUT2D eigenvalue weighted by atomic mass is 16.5. The van der Waals surface area contributed by atoms with Gasteiger partial charge in [-0.15, -0.1) is 0 Å². The van der Waals surface area contributed by atoms with Gasteiger partial charge >= 0.3 is 0 Å². The van der Waals surface area contributed by atoms with Crippen molar-refractivity contribution in [2.24, 2.45) is 5.41 Å². The zero-order chi connectivity index (χ0) is 14.6. The summed E-state index contributed by atoms with van der Waals surface area (Å²) in [6.45, 7) is 3.88. The first-order valence-electron chi connectivity index (χ1n) is 7.64. The van der Waals surface area contributed by atoms with E-state index in [1.807, 2.05) is 6.92 Å². The fourth-order valence-electron chi connectivity index (χ4n) is 3.45. The van der Waals surface area contributed by atoms with E-state index in [1.54, 1.807) is 12.0 Å². The molecule has 1 atom stereocenters. The number of amides is 2. The van der Waals surface area contributed by atoms with Crippen LogP contribution in [0.15, 0.2) is 0 Å². The van der Waals surface area contributed by atoms with Gasteiger partial charge in [0.15, 0.2) is 0 Å². The van der Waals surface area contributed by atoms with Gasteiger partial charge < -0.3 is 15.0 Å². The Balaban J connectivity index is 1.86. The molecule has 5 heteroatoms. The van der Waals surface area contributed by atoms with Crippen molar-refractivity contribution in [3.05, 3.63) is 0 Å². The molecule has 5 nitrogen and oxygen atoms in total. The molecule has 114 valence electrons. The first kappa shape index (κ1) is 15.3. The molecule has 1 aliphatic carbocycles. The van der Waals surface area contributed by atoms with Gasteiger partial charge in [-0.3, -0.25) is 9.59 Å². The predicted octanol–water partition coefficient (Wildman–Crippen LogP) is 1.32. The van der Waals surface area contributed by atoms with Gasteiger partial charge in [-0.05, 0) is 26.2 Å². The molecule has 0 spiro atoms. The molecular formula is C15H26N2O3. The van der Waals surface area contributed by atoms with E-state index in [0.717, 1.165) is 19.3 Å².